The molecule has 0 radical (unpaired) electrons. The van der Waals surface area contributed by atoms with Gasteiger partial charge < -0.3 is 4.72 Å². The number of rotatable bonds is 0. The van der Waals surface area contributed by atoms with E-state index >= 15 is 0 Å². The third-order valence-electron chi connectivity index (χ3n) is 2.32. The van der Waals surface area contributed by atoms with Gasteiger partial charge in [0.25, 0.3) is 0 Å². The first-order valence-electron chi connectivity index (χ1n) is 3.64. The van der Waals surface area contributed by atoms with E-state index in [1.54, 1.807) is 0 Å². The van der Waals surface area contributed by atoms with Crippen LogP contribution in [0.15, 0.2) is 0 Å². The molecule has 2 unspecified atom stereocenters. The van der Waals surface area contributed by atoms with Gasteiger partial charge in [0.15, 0.2) is 0 Å². The molecule has 1 saturated heterocycles. The van der Waals surface area contributed by atoms with E-state index in [1.807, 2.05) is 0 Å². The third kappa shape index (κ3) is 2.14. The van der Waals surface area contributed by atoms with Gasteiger partial charge in [0.05, 0.1) is 10.0 Å². The maximum Gasteiger partial charge on any atom is 1.00 e. The Hall–Kier alpha value is 1.72. The monoisotopic (exact) mass is 245 g/mol. The fourth-order valence-corrected chi connectivity index (χ4v) is 3.49. The zero-order chi connectivity index (χ0) is 7.19. The molecule has 3 nitrogen and oxygen atoms in total. The van der Waals surface area contributed by atoms with Gasteiger partial charge in [-0.05, 0) is 6.42 Å². The number of hydrogen-bond donors (Lipinski definition) is 0. The Balaban J connectivity index is 0.000000605. The van der Waals surface area contributed by atoms with Crippen LogP contribution in [0.25, 0.3) is 4.72 Å². The second-order valence-electron chi connectivity index (χ2n) is 3.06. The molecule has 58 valence electrons. The summed E-state index contributed by atoms with van der Waals surface area (Å²) in [6.07, 6.45) is 3.65. The molecule has 0 N–H and O–H groups in total. The average molecular weight is 246 g/mol. The molecule has 1 aliphatic carbocycles. The summed E-state index contributed by atoms with van der Waals surface area (Å²) >= 11 is 0. The summed E-state index contributed by atoms with van der Waals surface area (Å²) < 4.78 is 25.9. The van der Waals surface area contributed by atoms with E-state index in [1.165, 1.54) is 0 Å². The number of hydrogen-bond acceptors (Lipinski definition) is 2. The van der Waals surface area contributed by atoms with E-state index in [9.17, 15) is 8.42 Å². The predicted molar refractivity (Wildman–Crippen MR) is 38.3 cm³/mol. The molecule has 0 aromatic heterocycles. The van der Waals surface area contributed by atoms with Crippen LogP contribution in [0.3, 0.4) is 0 Å². The Labute approximate surface area is 116 Å². The molecule has 2 fully saturated rings. The summed E-state index contributed by atoms with van der Waals surface area (Å²) in [5.41, 5.74) is 0. The normalized spacial score (nSPS) is 39.6. The number of sulfonamides is 1. The Morgan fingerprint density at radius 1 is 1.27 bits per heavy atom. The quantitative estimate of drug-likeness (QED) is 0.497. The summed E-state index contributed by atoms with van der Waals surface area (Å²) in [6, 6.07) is 0.142. The first-order chi connectivity index (χ1) is 4.68. The van der Waals surface area contributed by atoms with Gasteiger partial charge in [-0.1, -0.05) is 19.3 Å². The minimum Gasteiger partial charge on any atom is -0.546 e. The number of fused-ring (bicyclic) bond motifs is 2. The van der Waals surface area contributed by atoms with E-state index in [0.717, 1.165) is 25.7 Å². The van der Waals surface area contributed by atoms with Crippen molar-refractivity contribution in [2.24, 2.45) is 0 Å². The average Bonchev–Trinajstić information content (AvgIpc) is 2.04. The van der Waals surface area contributed by atoms with E-state index in [-0.39, 0.29) is 69.5 Å². The molecule has 2 bridgehead atoms. The molecule has 1 saturated carbocycles. The van der Waals surface area contributed by atoms with Crippen molar-refractivity contribution in [2.75, 3.05) is 0 Å². The van der Waals surface area contributed by atoms with Gasteiger partial charge in [0.1, 0.15) is 0 Å². The Kier molecular flexibility index (Phi) is 3.77. The molecule has 2 aliphatic rings. The molecule has 1 heterocycles. The summed E-state index contributed by atoms with van der Waals surface area (Å²) in [4.78, 5) is 0. The van der Waals surface area contributed by atoms with Crippen molar-refractivity contribution < 1.29 is 66.6 Å². The standard InChI is InChI=1S/C6H10NO2S.Rb/c8-10(9)6-3-1-2-5(4-6)7-10;/h5-6H,1-4H2;/q-1;+1. The van der Waals surface area contributed by atoms with Crippen LogP contribution in [0.5, 0.6) is 0 Å². The Bertz CT molecular complexity index is 239. The second-order valence-corrected chi connectivity index (χ2v) is 4.97. The fourth-order valence-electron chi connectivity index (χ4n) is 1.78. The summed E-state index contributed by atoms with van der Waals surface area (Å²) in [7, 11) is -3.00. The molecular formula is C6H10NO2RbS. The summed E-state index contributed by atoms with van der Waals surface area (Å²) in [6.45, 7) is 0. The maximum atomic E-state index is 11.1. The van der Waals surface area contributed by atoms with Crippen molar-refractivity contribution in [2.45, 2.75) is 37.0 Å². The van der Waals surface area contributed by atoms with Crippen LogP contribution in [0.2, 0.25) is 0 Å². The molecule has 0 spiro atoms. The minimum atomic E-state index is -3.00. The van der Waals surface area contributed by atoms with Crippen molar-refractivity contribution in [1.29, 1.82) is 0 Å². The van der Waals surface area contributed by atoms with Crippen LogP contribution >= 0.6 is 0 Å². The van der Waals surface area contributed by atoms with Gasteiger partial charge in [0, 0.05) is 5.25 Å². The van der Waals surface area contributed by atoms with E-state index < -0.39 is 10.0 Å². The van der Waals surface area contributed by atoms with Crippen molar-refractivity contribution in [3.05, 3.63) is 4.72 Å². The van der Waals surface area contributed by atoms with Gasteiger partial charge in [-0.25, -0.2) is 8.42 Å². The van der Waals surface area contributed by atoms with E-state index in [2.05, 4.69) is 4.72 Å². The van der Waals surface area contributed by atoms with Crippen LogP contribution in [-0.2, 0) is 10.0 Å². The molecule has 5 heteroatoms. The molecular weight excluding hydrogens is 236 g/mol. The van der Waals surface area contributed by atoms with Crippen LogP contribution in [0, 0.1) is 0 Å². The predicted octanol–water partition coefficient (Wildman–Crippen LogP) is -1.98. The van der Waals surface area contributed by atoms with Crippen molar-refractivity contribution >= 4 is 10.0 Å². The minimum absolute atomic E-state index is 0. The van der Waals surface area contributed by atoms with Crippen molar-refractivity contribution in [3.8, 4) is 0 Å². The zero-order valence-electron chi connectivity index (χ0n) is 6.66. The zero-order valence-corrected chi connectivity index (χ0v) is 12.4. The van der Waals surface area contributed by atoms with E-state index in [0.29, 0.717) is 0 Å². The van der Waals surface area contributed by atoms with Gasteiger partial charge in [-0.3, -0.25) is 0 Å². The van der Waals surface area contributed by atoms with Crippen molar-refractivity contribution in [3.63, 3.8) is 0 Å². The Morgan fingerprint density at radius 2 is 2.00 bits per heavy atom. The largest absolute Gasteiger partial charge is 1.00 e. The summed E-state index contributed by atoms with van der Waals surface area (Å²) in [5, 5.41) is -0.119. The topological polar surface area (TPSA) is 48.2 Å². The second kappa shape index (κ2) is 3.84. The van der Waals surface area contributed by atoms with Gasteiger partial charge in [0.2, 0.25) is 0 Å². The van der Waals surface area contributed by atoms with Gasteiger partial charge in [-0.2, -0.15) is 0 Å². The molecule has 1 aliphatic heterocycles. The smallest absolute Gasteiger partial charge is 0.546 e. The number of nitrogens with zero attached hydrogens (tertiary/aromatic N) is 1. The van der Waals surface area contributed by atoms with Crippen LogP contribution < -0.4 is 58.2 Å². The molecule has 2 atom stereocenters. The summed E-state index contributed by atoms with van der Waals surface area (Å²) in [5.74, 6) is 0. The SMILES string of the molecule is O=S1(=O)[N-]C2CCCC1C2.[Rb+]. The third-order valence-corrected chi connectivity index (χ3v) is 4.18. The van der Waals surface area contributed by atoms with E-state index in [4.69, 9.17) is 0 Å². The van der Waals surface area contributed by atoms with Gasteiger partial charge in [-0.15, -0.1) is 6.04 Å². The van der Waals surface area contributed by atoms with Crippen LogP contribution in [-0.4, -0.2) is 19.7 Å². The maximum absolute atomic E-state index is 11.1. The molecule has 0 aromatic carbocycles. The first kappa shape index (κ1) is 10.8. The van der Waals surface area contributed by atoms with Crippen LogP contribution in [0.1, 0.15) is 25.7 Å². The first-order valence-corrected chi connectivity index (χ1v) is 5.15. The Morgan fingerprint density at radius 3 is 2.55 bits per heavy atom. The molecule has 2 rings (SSSR count). The molecule has 11 heavy (non-hydrogen) atoms. The fraction of sp³-hybridized carbons (Fsp3) is 1.00. The van der Waals surface area contributed by atoms with Crippen LogP contribution in [0.4, 0.5) is 0 Å². The molecule has 0 aromatic rings. The van der Waals surface area contributed by atoms with Crippen molar-refractivity contribution in [1.82, 2.24) is 0 Å². The molecule has 0 amide bonds. The van der Waals surface area contributed by atoms with Gasteiger partial charge >= 0.3 is 58.2 Å².